The van der Waals surface area contributed by atoms with Crippen LogP contribution in [0.25, 0.3) is 0 Å². The Bertz CT molecular complexity index is 344. The Morgan fingerprint density at radius 1 is 1.47 bits per heavy atom. The van der Waals surface area contributed by atoms with Gasteiger partial charge in [-0.05, 0) is 25.1 Å². The number of nitrogens with two attached hydrogens (primary N) is 1. The highest BCUT2D eigenvalue weighted by Gasteiger charge is 2.18. The molecule has 1 rings (SSSR count). The normalized spacial score (nSPS) is 15.0. The van der Waals surface area contributed by atoms with Crippen LogP contribution in [-0.4, -0.2) is 23.0 Å². The first-order valence-corrected chi connectivity index (χ1v) is 5.41. The van der Waals surface area contributed by atoms with Crippen LogP contribution < -0.4 is 5.73 Å². The molecule has 0 saturated carbocycles. The number of hydrogen-bond acceptors (Lipinski definition) is 3. The smallest absolute Gasteiger partial charge is 0.136 e. The fourth-order valence-corrected chi connectivity index (χ4v) is 1.85. The second-order valence-electron chi connectivity index (χ2n) is 3.68. The second-order valence-corrected chi connectivity index (χ2v) is 4.69. The maximum atomic E-state index is 13.2. The van der Waals surface area contributed by atoms with E-state index in [2.05, 4.69) is 0 Å². The molecule has 0 amide bonds. The third-order valence-corrected chi connectivity index (χ3v) is 3.24. The first-order valence-electron chi connectivity index (χ1n) is 4.42. The van der Waals surface area contributed by atoms with Crippen LogP contribution in [0.3, 0.4) is 0 Å². The molecule has 0 aliphatic carbocycles. The van der Waals surface area contributed by atoms with Crippen LogP contribution in [-0.2, 0) is 0 Å². The van der Waals surface area contributed by atoms with Gasteiger partial charge < -0.3 is 10.8 Å². The van der Waals surface area contributed by atoms with Crippen LogP contribution in [0.5, 0.6) is 0 Å². The summed E-state index contributed by atoms with van der Waals surface area (Å²) in [5, 5.41) is 8.89. The van der Waals surface area contributed by atoms with Gasteiger partial charge in [0.05, 0.1) is 6.61 Å². The SMILES string of the molecule is CC(N)(CO)CSc1cc(F)ccc1F. The fourth-order valence-electron chi connectivity index (χ4n) is 0.876. The van der Waals surface area contributed by atoms with Gasteiger partial charge in [0.15, 0.2) is 0 Å². The van der Waals surface area contributed by atoms with Crippen LogP contribution in [0.4, 0.5) is 8.78 Å². The molecule has 0 fully saturated rings. The highest BCUT2D eigenvalue weighted by molar-refractivity contribution is 7.99. The van der Waals surface area contributed by atoms with Crippen LogP contribution in [0.1, 0.15) is 6.92 Å². The molecule has 0 saturated heterocycles. The summed E-state index contributed by atoms with van der Waals surface area (Å²) in [5.41, 5.74) is 4.88. The molecule has 0 heterocycles. The molecule has 1 atom stereocenters. The van der Waals surface area contributed by atoms with E-state index in [0.717, 1.165) is 30.0 Å². The molecule has 0 aliphatic rings. The summed E-state index contributed by atoms with van der Waals surface area (Å²) in [5.74, 6) is -0.638. The fraction of sp³-hybridized carbons (Fsp3) is 0.400. The second kappa shape index (κ2) is 4.92. The van der Waals surface area contributed by atoms with E-state index >= 15 is 0 Å². The molecule has 3 N–H and O–H groups in total. The van der Waals surface area contributed by atoms with Crippen LogP contribution in [0.2, 0.25) is 0 Å². The summed E-state index contributed by atoms with van der Waals surface area (Å²) >= 11 is 1.09. The van der Waals surface area contributed by atoms with E-state index in [-0.39, 0.29) is 11.5 Å². The average molecular weight is 233 g/mol. The Morgan fingerprint density at radius 2 is 2.13 bits per heavy atom. The lowest BCUT2D eigenvalue weighted by Gasteiger charge is -2.20. The molecule has 5 heteroatoms. The molecule has 2 nitrogen and oxygen atoms in total. The summed E-state index contributed by atoms with van der Waals surface area (Å²) in [6, 6.07) is 3.25. The Kier molecular flexibility index (Phi) is 4.07. The molecule has 15 heavy (non-hydrogen) atoms. The first kappa shape index (κ1) is 12.4. The van der Waals surface area contributed by atoms with Crippen LogP contribution in [0.15, 0.2) is 23.1 Å². The van der Waals surface area contributed by atoms with Crippen LogP contribution in [0, 0.1) is 11.6 Å². The summed E-state index contributed by atoms with van der Waals surface area (Å²) in [7, 11) is 0. The number of rotatable bonds is 4. The van der Waals surface area contributed by atoms with Crippen LogP contribution >= 0.6 is 11.8 Å². The van der Waals surface area contributed by atoms with Crippen molar-refractivity contribution >= 4 is 11.8 Å². The van der Waals surface area contributed by atoms with Gasteiger partial charge in [0.1, 0.15) is 11.6 Å². The molecular weight excluding hydrogens is 220 g/mol. The summed E-state index contributed by atoms with van der Waals surface area (Å²) < 4.78 is 25.9. The van der Waals surface area contributed by atoms with E-state index < -0.39 is 17.2 Å². The highest BCUT2D eigenvalue weighted by Crippen LogP contribution is 2.25. The maximum Gasteiger partial charge on any atom is 0.136 e. The van der Waals surface area contributed by atoms with Gasteiger partial charge in [0.25, 0.3) is 0 Å². The van der Waals surface area contributed by atoms with Gasteiger partial charge in [0, 0.05) is 16.2 Å². The van der Waals surface area contributed by atoms with Gasteiger partial charge in [-0.1, -0.05) is 0 Å². The summed E-state index contributed by atoms with van der Waals surface area (Å²) in [6.07, 6.45) is 0. The van der Waals surface area contributed by atoms with Crippen molar-refractivity contribution in [2.24, 2.45) is 5.73 Å². The van der Waals surface area contributed by atoms with E-state index in [1.807, 2.05) is 0 Å². The maximum absolute atomic E-state index is 13.2. The van der Waals surface area contributed by atoms with Gasteiger partial charge in [0.2, 0.25) is 0 Å². The van der Waals surface area contributed by atoms with Gasteiger partial charge in [-0.3, -0.25) is 0 Å². The zero-order chi connectivity index (χ0) is 11.5. The zero-order valence-electron chi connectivity index (χ0n) is 8.34. The molecule has 0 radical (unpaired) electrons. The van der Waals surface area contributed by atoms with E-state index in [9.17, 15) is 8.78 Å². The number of benzene rings is 1. The van der Waals surface area contributed by atoms with Gasteiger partial charge >= 0.3 is 0 Å². The monoisotopic (exact) mass is 233 g/mol. The van der Waals surface area contributed by atoms with E-state index in [0.29, 0.717) is 5.75 Å². The van der Waals surface area contributed by atoms with E-state index in [1.165, 1.54) is 0 Å². The van der Waals surface area contributed by atoms with E-state index in [1.54, 1.807) is 6.92 Å². The zero-order valence-corrected chi connectivity index (χ0v) is 9.15. The number of hydrogen-bond donors (Lipinski definition) is 2. The van der Waals surface area contributed by atoms with Gasteiger partial charge in [-0.2, -0.15) is 0 Å². The van der Waals surface area contributed by atoms with Crippen molar-refractivity contribution in [2.75, 3.05) is 12.4 Å². The minimum absolute atomic E-state index is 0.197. The molecule has 84 valence electrons. The number of aliphatic hydroxyl groups excluding tert-OH is 1. The third-order valence-electron chi connectivity index (χ3n) is 1.81. The van der Waals surface area contributed by atoms with Crippen molar-refractivity contribution in [1.82, 2.24) is 0 Å². The Hall–Kier alpha value is -0.650. The largest absolute Gasteiger partial charge is 0.394 e. The lowest BCUT2D eigenvalue weighted by molar-refractivity contribution is 0.224. The quantitative estimate of drug-likeness (QED) is 0.779. The topological polar surface area (TPSA) is 46.2 Å². The molecule has 0 aliphatic heterocycles. The lowest BCUT2D eigenvalue weighted by atomic mass is 10.1. The highest BCUT2D eigenvalue weighted by atomic mass is 32.2. The van der Waals surface area contributed by atoms with Gasteiger partial charge in [-0.25, -0.2) is 8.78 Å². The molecule has 1 unspecified atom stereocenters. The molecule has 0 spiro atoms. The Balaban J connectivity index is 2.69. The molecular formula is C10H13F2NOS. The van der Waals surface area contributed by atoms with Crippen molar-refractivity contribution in [3.8, 4) is 0 Å². The number of thioether (sulfide) groups is 1. The number of halogens is 2. The van der Waals surface area contributed by atoms with Gasteiger partial charge in [-0.15, -0.1) is 11.8 Å². The molecule has 0 aromatic heterocycles. The van der Waals surface area contributed by atoms with Crippen molar-refractivity contribution < 1.29 is 13.9 Å². The van der Waals surface area contributed by atoms with Crippen molar-refractivity contribution in [1.29, 1.82) is 0 Å². The van der Waals surface area contributed by atoms with Crippen molar-refractivity contribution in [3.05, 3.63) is 29.8 Å². The van der Waals surface area contributed by atoms with Crippen molar-refractivity contribution in [2.45, 2.75) is 17.4 Å². The minimum Gasteiger partial charge on any atom is -0.394 e. The molecule has 1 aromatic rings. The van der Waals surface area contributed by atoms with E-state index in [4.69, 9.17) is 10.8 Å². The molecule has 0 bridgehead atoms. The van der Waals surface area contributed by atoms with Crippen molar-refractivity contribution in [3.63, 3.8) is 0 Å². The number of aliphatic hydroxyl groups is 1. The third kappa shape index (κ3) is 3.77. The predicted octanol–water partition coefficient (Wildman–Crippen LogP) is 1.77. The predicted molar refractivity (Wildman–Crippen MR) is 56.8 cm³/mol. The average Bonchev–Trinajstić information content (AvgIpc) is 2.20. The first-order chi connectivity index (χ1) is 6.94. The Morgan fingerprint density at radius 3 is 2.73 bits per heavy atom. The Labute approximate surface area is 91.5 Å². The summed E-state index contributed by atoms with van der Waals surface area (Å²) in [4.78, 5) is 0.208. The summed E-state index contributed by atoms with van der Waals surface area (Å²) in [6.45, 7) is 1.45. The lowest BCUT2D eigenvalue weighted by Crippen LogP contribution is -2.42. The standard InChI is InChI=1S/C10H13F2NOS/c1-10(13,5-14)6-15-9-4-7(11)2-3-8(9)12/h2-4,14H,5-6,13H2,1H3. The molecule has 1 aromatic carbocycles. The minimum atomic E-state index is -0.788.